The van der Waals surface area contributed by atoms with Gasteiger partial charge < -0.3 is 10.6 Å². The molecule has 0 spiro atoms. The van der Waals surface area contributed by atoms with Crippen molar-refractivity contribution in [3.05, 3.63) is 0 Å². The lowest BCUT2D eigenvalue weighted by molar-refractivity contribution is -0.126. The van der Waals surface area contributed by atoms with Crippen LogP contribution in [-0.4, -0.2) is 34.9 Å². The lowest BCUT2D eigenvalue weighted by atomic mass is 9.87. The van der Waals surface area contributed by atoms with E-state index in [-0.39, 0.29) is 17.5 Å². The van der Waals surface area contributed by atoms with Gasteiger partial charge in [-0.2, -0.15) is 11.8 Å². The summed E-state index contributed by atoms with van der Waals surface area (Å²) in [7, 11) is 0. The van der Waals surface area contributed by atoms with Crippen LogP contribution in [0.2, 0.25) is 0 Å². The Balaban J connectivity index is 1.79. The van der Waals surface area contributed by atoms with Gasteiger partial charge in [-0.25, -0.2) is 4.79 Å². The van der Waals surface area contributed by atoms with Crippen LogP contribution in [0.4, 0.5) is 4.79 Å². The van der Waals surface area contributed by atoms with Crippen molar-refractivity contribution in [1.82, 2.24) is 10.6 Å². The molecule has 4 nitrogen and oxygen atoms in total. The number of amides is 2. The molecular weight excluding hydrogens is 296 g/mol. The third kappa shape index (κ3) is 4.90. The van der Waals surface area contributed by atoms with Crippen LogP contribution in [0.3, 0.4) is 0 Å². The Morgan fingerprint density at radius 2 is 2.00 bits per heavy atom. The predicted molar refractivity (Wildman–Crippen MR) is 92.3 cm³/mol. The van der Waals surface area contributed by atoms with Crippen LogP contribution >= 0.6 is 11.8 Å². The standard InChI is InChI=1S/C17H30N2O2S/c1-17(2,3)14(20)10-5-4-9-13-15-12(18-16(21)19-15)8-6-7-11-22-13/h12-13,15H,4-11H2,1-3H3,(H2,18,19,21)/t12-,13+,15+/m1/s1. The second kappa shape index (κ2) is 7.71. The van der Waals surface area contributed by atoms with E-state index in [1.807, 2.05) is 32.5 Å². The van der Waals surface area contributed by atoms with Crippen molar-refractivity contribution in [2.75, 3.05) is 5.75 Å². The lowest BCUT2D eigenvalue weighted by Crippen LogP contribution is -2.43. The van der Waals surface area contributed by atoms with Crippen LogP contribution in [-0.2, 0) is 4.79 Å². The van der Waals surface area contributed by atoms with Crippen molar-refractivity contribution in [2.45, 2.75) is 83.1 Å². The van der Waals surface area contributed by atoms with Gasteiger partial charge in [-0.05, 0) is 31.4 Å². The fraction of sp³-hybridized carbons (Fsp3) is 0.882. The largest absolute Gasteiger partial charge is 0.333 e. The van der Waals surface area contributed by atoms with Crippen LogP contribution in [0.5, 0.6) is 0 Å². The third-order valence-electron chi connectivity index (χ3n) is 4.67. The van der Waals surface area contributed by atoms with Gasteiger partial charge in [0.25, 0.3) is 0 Å². The van der Waals surface area contributed by atoms with E-state index in [4.69, 9.17) is 0 Å². The first kappa shape index (κ1) is 17.6. The molecule has 0 bridgehead atoms. The van der Waals surface area contributed by atoms with Gasteiger partial charge >= 0.3 is 6.03 Å². The molecule has 0 aromatic heterocycles. The highest BCUT2D eigenvalue weighted by atomic mass is 32.2. The van der Waals surface area contributed by atoms with Crippen LogP contribution in [0, 0.1) is 5.41 Å². The fourth-order valence-corrected chi connectivity index (χ4v) is 4.70. The first-order valence-corrected chi connectivity index (χ1v) is 9.65. The maximum Gasteiger partial charge on any atom is 0.315 e. The lowest BCUT2D eigenvalue weighted by Gasteiger charge is -2.29. The van der Waals surface area contributed by atoms with Crippen LogP contribution in [0.1, 0.15) is 65.7 Å². The zero-order chi connectivity index (χ0) is 16.2. The molecule has 0 aliphatic carbocycles. The normalized spacial score (nSPS) is 29.0. The number of carbonyl (C=O) groups is 2. The summed E-state index contributed by atoms with van der Waals surface area (Å²) in [6, 6.07) is 0.544. The van der Waals surface area contributed by atoms with E-state index in [0.29, 0.717) is 23.5 Å². The first-order valence-electron chi connectivity index (χ1n) is 8.60. The van der Waals surface area contributed by atoms with E-state index in [9.17, 15) is 9.59 Å². The molecule has 2 saturated heterocycles. The Bertz CT molecular complexity index is 406. The van der Waals surface area contributed by atoms with E-state index < -0.39 is 0 Å². The highest BCUT2D eigenvalue weighted by Gasteiger charge is 2.37. The highest BCUT2D eigenvalue weighted by molar-refractivity contribution is 7.99. The molecule has 0 radical (unpaired) electrons. The molecule has 3 atom stereocenters. The molecule has 2 N–H and O–H groups in total. The van der Waals surface area contributed by atoms with Gasteiger partial charge in [0.15, 0.2) is 0 Å². The summed E-state index contributed by atoms with van der Waals surface area (Å²) >= 11 is 2.00. The summed E-state index contributed by atoms with van der Waals surface area (Å²) in [4.78, 5) is 23.6. The Kier molecular flexibility index (Phi) is 6.18. The Labute approximate surface area is 138 Å². The molecule has 2 rings (SSSR count). The summed E-state index contributed by atoms with van der Waals surface area (Å²) in [5.41, 5.74) is -0.219. The second-order valence-corrected chi connectivity index (χ2v) is 8.92. The van der Waals surface area contributed by atoms with E-state index >= 15 is 0 Å². The smallest absolute Gasteiger partial charge is 0.315 e. The summed E-state index contributed by atoms with van der Waals surface area (Å²) in [5, 5.41) is 6.65. The monoisotopic (exact) mass is 326 g/mol. The summed E-state index contributed by atoms with van der Waals surface area (Å²) in [5.74, 6) is 1.54. The molecule has 22 heavy (non-hydrogen) atoms. The summed E-state index contributed by atoms with van der Waals surface area (Å²) in [6.45, 7) is 5.97. The van der Waals surface area contributed by atoms with Gasteiger partial charge in [-0.1, -0.05) is 33.6 Å². The quantitative estimate of drug-likeness (QED) is 0.760. The number of hydrogen-bond donors (Lipinski definition) is 2. The van der Waals surface area contributed by atoms with Gasteiger partial charge in [0.05, 0.1) is 12.1 Å². The van der Waals surface area contributed by atoms with Crippen LogP contribution in [0.25, 0.3) is 0 Å². The van der Waals surface area contributed by atoms with E-state index in [1.165, 1.54) is 18.6 Å². The number of fused-ring (bicyclic) bond motifs is 1. The zero-order valence-electron chi connectivity index (χ0n) is 14.1. The number of ketones is 1. The number of carbonyl (C=O) groups excluding carboxylic acids is 2. The van der Waals surface area contributed by atoms with E-state index in [0.717, 1.165) is 25.7 Å². The van der Waals surface area contributed by atoms with Gasteiger partial charge in [-0.3, -0.25) is 4.79 Å². The molecule has 2 fully saturated rings. The van der Waals surface area contributed by atoms with Crippen molar-refractivity contribution in [2.24, 2.45) is 5.41 Å². The number of urea groups is 1. The topological polar surface area (TPSA) is 58.2 Å². The molecular formula is C17H30N2O2S. The number of Topliss-reactive ketones (excluding diaryl/α,β-unsaturated/α-hetero) is 1. The van der Waals surface area contributed by atoms with Gasteiger partial charge in [0.1, 0.15) is 5.78 Å². The van der Waals surface area contributed by atoms with Crippen molar-refractivity contribution in [3.63, 3.8) is 0 Å². The van der Waals surface area contributed by atoms with Gasteiger partial charge in [0, 0.05) is 17.1 Å². The number of nitrogens with one attached hydrogen (secondary N) is 2. The van der Waals surface area contributed by atoms with Crippen molar-refractivity contribution in [1.29, 1.82) is 0 Å². The molecule has 5 heteroatoms. The minimum Gasteiger partial charge on any atom is -0.333 e. The van der Waals surface area contributed by atoms with E-state index in [2.05, 4.69) is 10.6 Å². The van der Waals surface area contributed by atoms with Crippen LogP contribution in [0.15, 0.2) is 0 Å². The number of unbranched alkanes of at least 4 members (excludes halogenated alkanes) is 1. The van der Waals surface area contributed by atoms with Gasteiger partial charge in [0.2, 0.25) is 0 Å². The van der Waals surface area contributed by atoms with Crippen LogP contribution < -0.4 is 10.6 Å². The summed E-state index contributed by atoms with van der Waals surface area (Å²) < 4.78 is 0. The molecule has 0 unspecified atom stereocenters. The minimum absolute atomic E-state index is 0.00888. The number of rotatable bonds is 5. The van der Waals surface area contributed by atoms with Crippen molar-refractivity contribution in [3.8, 4) is 0 Å². The maximum absolute atomic E-state index is 12.0. The maximum atomic E-state index is 12.0. The molecule has 2 amide bonds. The molecule has 0 aromatic carbocycles. The van der Waals surface area contributed by atoms with E-state index in [1.54, 1.807) is 0 Å². The fourth-order valence-electron chi connectivity index (χ4n) is 3.23. The SMILES string of the molecule is CC(C)(C)C(=O)CCCC[C@@H]1SCCCC[C@H]2NC(=O)N[C@H]12. The predicted octanol–water partition coefficient (Wildman–Crippen LogP) is 3.50. The second-order valence-electron chi connectivity index (χ2n) is 7.57. The highest BCUT2D eigenvalue weighted by Crippen LogP contribution is 2.30. The third-order valence-corrected chi connectivity index (χ3v) is 6.15. The molecule has 2 aliphatic rings. The number of hydrogen-bond acceptors (Lipinski definition) is 3. The summed E-state index contributed by atoms with van der Waals surface area (Å²) in [6.07, 6.45) is 7.32. The van der Waals surface area contributed by atoms with Crippen molar-refractivity contribution >= 4 is 23.6 Å². The molecule has 0 aromatic rings. The number of thioether (sulfide) groups is 1. The average Bonchev–Trinajstić information content (AvgIpc) is 2.77. The van der Waals surface area contributed by atoms with Gasteiger partial charge in [-0.15, -0.1) is 0 Å². The molecule has 0 saturated carbocycles. The Morgan fingerprint density at radius 3 is 2.73 bits per heavy atom. The first-order chi connectivity index (χ1) is 10.4. The average molecular weight is 327 g/mol. The zero-order valence-corrected chi connectivity index (χ0v) is 14.9. The molecule has 2 aliphatic heterocycles. The molecule has 126 valence electrons. The Morgan fingerprint density at radius 1 is 1.23 bits per heavy atom. The Hall–Kier alpha value is -0.710. The minimum atomic E-state index is -0.219. The molecule has 2 heterocycles. The van der Waals surface area contributed by atoms with Crippen molar-refractivity contribution < 1.29 is 9.59 Å².